The number of aromatic nitrogens is 1. The minimum atomic E-state index is -0.722. The van der Waals surface area contributed by atoms with Crippen LogP contribution in [0.1, 0.15) is 35.5 Å². The number of aryl methyl sites for hydroxylation is 1. The number of amides is 1. The van der Waals surface area contributed by atoms with Gasteiger partial charge in [0.1, 0.15) is 0 Å². The number of nitrogens with one attached hydrogen (secondary N) is 1. The summed E-state index contributed by atoms with van der Waals surface area (Å²) in [4.78, 5) is 16.4. The Hall–Kier alpha value is -2.67. The van der Waals surface area contributed by atoms with E-state index < -0.39 is 5.41 Å². The third-order valence-corrected chi connectivity index (χ3v) is 3.25. The highest BCUT2D eigenvalue weighted by Crippen LogP contribution is 2.21. The second kappa shape index (κ2) is 5.76. The predicted molar refractivity (Wildman–Crippen MR) is 82.0 cm³/mol. The van der Waals surface area contributed by atoms with Gasteiger partial charge in [-0.2, -0.15) is 5.26 Å². The summed E-state index contributed by atoms with van der Waals surface area (Å²) in [5.74, 6) is -0.212. The number of hydrogen-bond acceptors (Lipinski definition) is 3. The number of benzene rings is 1. The van der Waals surface area contributed by atoms with Gasteiger partial charge in [-0.3, -0.25) is 9.78 Å². The minimum absolute atomic E-state index is 0.212. The van der Waals surface area contributed by atoms with Crippen molar-refractivity contribution in [3.8, 4) is 6.07 Å². The Morgan fingerprint density at radius 2 is 1.90 bits per heavy atom. The molecule has 0 aliphatic carbocycles. The molecule has 2 rings (SSSR count). The molecule has 0 unspecified atom stereocenters. The van der Waals surface area contributed by atoms with E-state index >= 15 is 0 Å². The molecule has 106 valence electrons. The van der Waals surface area contributed by atoms with Gasteiger partial charge in [0.05, 0.1) is 17.2 Å². The Bertz CT molecular complexity index is 697. The van der Waals surface area contributed by atoms with Gasteiger partial charge in [0.15, 0.2) is 0 Å². The summed E-state index contributed by atoms with van der Waals surface area (Å²) in [5, 5.41) is 12.0. The first kappa shape index (κ1) is 14.7. The SMILES string of the molecule is Cc1ccc(NC(=O)c2ccnc(C(C)(C)C#N)c2)cc1. The van der Waals surface area contributed by atoms with E-state index in [9.17, 15) is 4.79 Å². The molecule has 1 aromatic carbocycles. The maximum absolute atomic E-state index is 12.2. The Balaban J connectivity index is 2.22. The zero-order chi connectivity index (χ0) is 15.5. The van der Waals surface area contributed by atoms with Crippen molar-refractivity contribution >= 4 is 11.6 Å². The van der Waals surface area contributed by atoms with E-state index in [4.69, 9.17) is 5.26 Å². The summed E-state index contributed by atoms with van der Waals surface area (Å²) < 4.78 is 0. The first-order chi connectivity index (χ1) is 9.92. The monoisotopic (exact) mass is 279 g/mol. The minimum Gasteiger partial charge on any atom is -0.322 e. The molecule has 4 heteroatoms. The molecule has 2 aromatic rings. The quantitative estimate of drug-likeness (QED) is 0.935. The molecule has 0 atom stereocenters. The normalized spacial score (nSPS) is 10.8. The van der Waals surface area contributed by atoms with E-state index in [-0.39, 0.29) is 5.91 Å². The summed E-state index contributed by atoms with van der Waals surface area (Å²) in [7, 11) is 0. The summed E-state index contributed by atoms with van der Waals surface area (Å²) in [6.45, 7) is 5.54. The van der Waals surface area contributed by atoms with Gasteiger partial charge in [-0.05, 0) is 45.0 Å². The highest BCUT2D eigenvalue weighted by Gasteiger charge is 2.22. The van der Waals surface area contributed by atoms with Crippen LogP contribution < -0.4 is 5.32 Å². The molecule has 4 nitrogen and oxygen atoms in total. The van der Waals surface area contributed by atoms with Crippen LogP contribution in [0.5, 0.6) is 0 Å². The lowest BCUT2D eigenvalue weighted by molar-refractivity contribution is 0.102. The van der Waals surface area contributed by atoms with Crippen LogP contribution in [0.25, 0.3) is 0 Å². The van der Waals surface area contributed by atoms with Crippen LogP contribution in [0.15, 0.2) is 42.6 Å². The van der Waals surface area contributed by atoms with E-state index in [1.54, 1.807) is 32.2 Å². The third kappa shape index (κ3) is 3.46. The van der Waals surface area contributed by atoms with Crippen molar-refractivity contribution in [1.29, 1.82) is 5.26 Å². The van der Waals surface area contributed by atoms with Gasteiger partial charge >= 0.3 is 0 Å². The number of carbonyl (C=O) groups is 1. The summed E-state index contributed by atoms with van der Waals surface area (Å²) in [6, 6.07) is 13.1. The second-order valence-electron chi connectivity index (χ2n) is 5.49. The van der Waals surface area contributed by atoms with Crippen LogP contribution in [-0.4, -0.2) is 10.9 Å². The average molecular weight is 279 g/mol. The van der Waals surface area contributed by atoms with E-state index in [0.29, 0.717) is 11.3 Å². The van der Waals surface area contributed by atoms with Crippen LogP contribution in [0.4, 0.5) is 5.69 Å². The fourth-order valence-electron chi connectivity index (χ4n) is 1.81. The lowest BCUT2D eigenvalue weighted by Gasteiger charge is -2.15. The van der Waals surface area contributed by atoms with Crippen LogP contribution in [0.3, 0.4) is 0 Å². The van der Waals surface area contributed by atoms with Gasteiger partial charge in [-0.1, -0.05) is 17.7 Å². The van der Waals surface area contributed by atoms with Crippen LogP contribution in [0, 0.1) is 18.3 Å². The third-order valence-electron chi connectivity index (χ3n) is 3.25. The number of nitriles is 1. The summed E-state index contributed by atoms with van der Waals surface area (Å²) in [5.41, 5.74) is 2.23. The molecule has 1 amide bonds. The Labute approximate surface area is 124 Å². The highest BCUT2D eigenvalue weighted by molar-refractivity contribution is 6.04. The van der Waals surface area contributed by atoms with Crippen LogP contribution in [-0.2, 0) is 5.41 Å². The molecule has 1 heterocycles. The van der Waals surface area contributed by atoms with Gasteiger partial charge in [-0.15, -0.1) is 0 Å². The van der Waals surface area contributed by atoms with Crippen LogP contribution in [0.2, 0.25) is 0 Å². The van der Waals surface area contributed by atoms with Crippen molar-refractivity contribution in [2.24, 2.45) is 0 Å². The molecule has 0 aliphatic rings. The average Bonchev–Trinajstić information content (AvgIpc) is 2.49. The number of hydrogen-bond donors (Lipinski definition) is 1. The van der Waals surface area contributed by atoms with E-state index in [2.05, 4.69) is 16.4 Å². The van der Waals surface area contributed by atoms with Crippen molar-refractivity contribution in [3.05, 3.63) is 59.4 Å². The molecule has 21 heavy (non-hydrogen) atoms. The predicted octanol–water partition coefficient (Wildman–Crippen LogP) is 3.44. The molecular formula is C17H17N3O. The molecule has 0 saturated heterocycles. The van der Waals surface area contributed by atoms with E-state index in [0.717, 1.165) is 11.3 Å². The zero-order valence-electron chi connectivity index (χ0n) is 12.3. The molecule has 0 fully saturated rings. The summed E-state index contributed by atoms with van der Waals surface area (Å²) >= 11 is 0. The molecule has 0 spiro atoms. The Kier molecular flexibility index (Phi) is 4.04. The van der Waals surface area contributed by atoms with Crippen molar-refractivity contribution in [3.63, 3.8) is 0 Å². The van der Waals surface area contributed by atoms with Crippen molar-refractivity contribution < 1.29 is 4.79 Å². The molecule has 1 aromatic heterocycles. The fourth-order valence-corrected chi connectivity index (χ4v) is 1.81. The summed E-state index contributed by atoms with van der Waals surface area (Å²) in [6.07, 6.45) is 1.55. The largest absolute Gasteiger partial charge is 0.322 e. The number of anilines is 1. The number of pyridine rings is 1. The standard InChI is InChI=1S/C17H17N3O/c1-12-4-6-14(7-5-12)20-16(21)13-8-9-19-15(10-13)17(2,3)11-18/h4-10H,1-3H3,(H,20,21). The smallest absolute Gasteiger partial charge is 0.255 e. The first-order valence-corrected chi connectivity index (χ1v) is 6.68. The number of rotatable bonds is 3. The molecule has 1 N–H and O–H groups in total. The van der Waals surface area contributed by atoms with Gasteiger partial charge < -0.3 is 5.32 Å². The highest BCUT2D eigenvalue weighted by atomic mass is 16.1. The zero-order valence-corrected chi connectivity index (χ0v) is 12.3. The maximum Gasteiger partial charge on any atom is 0.255 e. The Morgan fingerprint density at radius 3 is 2.52 bits per heavy atom. The van der Waals surface area contributed by atoms with Crippen molar-refractivity contribution in [1.82, 2.24) is 4.98 Å². The molecule has 0 bridgehead atoms. The topological polar surface area (TPSA) is 65.8 Å². The van der Waals surface area contributed by atoms with E-state index in [1.165, 1.54) is 0 Å². The van der Waals surface area contributed by atoms with Crippen molar-refractivity contribution in [2.45, 2.75) is 26.2 Å². The fraction of sp³-hybridized carbons (Fsp3) is 0.235. The molecule has 0 aliphatic heterocycles. The number of nitrogens with zero attached hydrogens (tertiary/aromatic N) is 2. The Morgan fingerprint density at radius 1 is 1.24 bits per heavy atom. The van der Waals surface area contributed by atoms with Gasteiger partial charge in [0, 0.05) is 17.4 Å². The lowest BCUT2D eigenvalue weighted by Crippen LogP contribution is -2.18. The molecule has 0 radical (unpaired) electrons. The lowest BCUT2D eigenvalue weighted by atomic mass is 9.90. The second-order valence-corrected chi connectivity index (χ2v) is 5.49. The first-order valence-electron chi connectivity index (χ1n) is 6.68. The van der Waals surface area contributed by atoms with Crippen LogP contribution >= 0.6 is 0 Å². The van der Waals surface area contributed by atoms with E-state index in [1.807, 2.05) is 31.2 Å². The van der Waals surface area contributed by atoms with Gasteiger partial charge in [-0.25, -0.2) is 0 Å². The van der Waals surface area contributed by atoms with Crippen molar-refractivity contribution in [2.75, 3.05) is 5.32 Å². The number of carbonyl (C=O) groups excluding carboxylic acids is 1. The van der Waals surface area contributed by atoms with Gasteiger partial charge in [0.25, 0.3) is 5.91 Å². The molecule has 0 saturated carbocycles. The van der Waals surface area contributed by atoms with Gasteiger partial charge in [0.2, 0.25) is 0 Å². The molecular weight excluding hydrogens is 262 g/mol. The maximum atomic E-state index is 12.2.